The third-order valence-electron chi connectivity index (χ3n) is 2.28. The molecule has 0 aliphatic rings. The molecule has 2 rings (SSSR count). The Morgan fingerprint density at radius 1 is 0.889 bits per heavy atom. The van der Waals surface area contributed by atoms with E-state index in [0.717, 1.165) is 12.1 Å². The summed E-state index contributed by atoms with van der Waals surface area (Å²) in [5, 5.41) is 0. The molecular weight excluding hydrogens is 309 g/mol. The zero-order valence-electron chi connectivity index (χ0n) is 9.09. The van der Waals surface area contributed by atoms with Crippen LogP contribution in [0, 0.1) is 17.5 Å². The number of ether oxygens (including phenoxy) is 1. The molecule has 18 heavy (non-hydrogen) atoms. The molecule has 2 aromatic carbocycles. The van der Waals surface area contributed by atoms with Crippen molar-refractivity contribution in [2.45, 2.75) is 6.61 Å². The monoisotopic (exact) mass is 316 g/mol. The Morgan fingerprint density at radius 3 is 2.28 bits per heavy atom. The number of hydrogen-bond acceptors (Lipinski definition) is 1. The van der Waals surface area contributed by atoms with Gasteiger partial charge in [0.2, 0.25) is 0 Å². The molecule has 0 amide bonds. The number of benzene rings is 2. The van der Waals surface area contributed by atoms with Crippen LogP contribution in [0.3, 0.4) is 0 Å². The molecule has 2 aromatic rings. The van der Waals surface area contributed by atoms with E-state index in [2.05, 4.69) is 15.9 Å². The first-order chi connectivity index (χ1) is 8.56. The highest BCUT2D eigenvalue weighted by Crippen LogP contribution is 2.20. The lowest BCUT2D eigenvalue weighted by Crippen LogP contribution is -1.97. The first-order valence-electron chi connectivity index (χ1n) is 5.08. The van der Waals surface area contributed by atoms with Crippen molar-refractivity contribution in [3.05, 3.63) is 63.9 Å². The van der Waals surface area contributed by atoms with Crippen molar-refractivity contribution >= 4 is 15.9 Å². The molecule has 94 valence electrons. The minimum atomic E-state index is -0.965. The maximum absolute atomic E-state index is 13.0. The normalized spacial score (nSPS) is 10.4. The van der Waals surface area contributed by atoms with Gasteiger partial charge in [-0.1, -0.05) is 6.07 Å². The highest BCUT2D eigenvalue weighted by molar-refractivity contribution is 9.10. The van der Waals surface area contributed by atoms with Crippen molar-refractivity contribution < 1.29 is 17.9 Å². The van der Waals surface area contributed by atoms with Crippen molar-refractivity contribution in [2.24, 2.45) is 0 Å². The zero-order chi connectivity index (χ0) is 13.1. The molecule has 0 aromatic heterocycles. The molecular formula is C13H8BrF3O. The Labute approximate surface area is 110 Å². The van der Waals surface area contributed by atoms with E-state index in [4.69, 9.17) is 4.74 Å². The molecule has 0 N–H and O–H groups in total. The highest BCUT2D eigenvalue weighted by Gasteiger charge is 2.05. The molecule has 0 aliphatic heterocycles. The van der Waals surface area contributed by atoms with E-state index in [1.165, 1.54) is 12.1 Å². The zero-order valence-corrected chi connectivity index (χ0v) is 10.7. The highest BCUT2D eigenvalue weighted by atomic mass is 79.9. The molecule has 0 saturated carbocycles. The average molecular weight is 317 g/mol. The quantitative estimate of drug-likeness (QED) is 0.813. The summed E-state index contributed by atoms with van der Waals surface area (Å²) in [6.45, 7) is 0.143. The topological polar surface area (TPSA) is 9.23 Å². The lowest BCUT2D eigenvalue weighted by atomic mass is 10.2. The molecule has 1 nitrogen and oxygen atoms in total. The van der Waals surface area contributed by atoms with Crippen LogP contribution in [-0.2, 0) is 6.61 Å². The fourth-order valence-corrected chi connectivity index (χ4v) is 1.79. The second-order valence-electron chi connectivity index (χ2n) is 3.61. The molecule has 0 fully saturated rings. The second kappa shape index (κ2) is 5.44. The summed E-state index contributed by atoms with van der Waals surface area (Å²) in [4.78, 5) is 0. The van der Waals surface area contributed by atoms with E-state index in [0.29, 0.717) is 10.0 Å². The maximum Gasteiger partial charge on any atom is 0.162 e. The Morgan fingerprint density at radius 2 is 1.61 bits per heavy atom. The van der Waals surface area contributed by atoms with Crippen LogP contribution in [0.25, 0.3) is 0 Å². The molecule has 0 spiro atoms. The lowest BCUT2D eigenvalue weighted by Gasteiger charge is -2.07. The number of rotatable bonds is 3. The number of halogens is 4. The minimum Gasteiger partial charge on any atom is -0.489 e. The van der Waals surface area contributed by atoms with Crippen LogP contribution in [0.4, 0.5) is 13.2 Å². The lowest BCUT2D eigenvalue weighted by molar-refractivity contribution is 0.303. The van der Waals surface area contributed by atoms with Crippen LogP contribution in [0.5, 0.6) is 5.75 Å². The van der Waals surface area contributed by atoms with Crippen LogP contribution in [0.15, 0.2) is 40.9 Å². The SMILES string of the molecule is Fc1ccc(OCc2ccc(F)c(Br)c2)cc1F. The van der Waals surface area contributed by atoms with Gasteiger partial charge in [-0.3, -0.25) is 0 Å². The Bertz CT molecular complexity index is 521. The minimum absolute atomic E-state index is 0.143. The Kier molecular flexibility index (Phi) is 3.91. The standard InChI is InChI=1S/C13H8BrF3O/c14-10-5-8(1-3-11(10)15)7-18-9-2-4-12(16)13(17)6-9/h1-6H,7H2. The summed E-state index contributed by atoms with van der Waals surface area (Å²) in [6.07, 6.45) is 0. The molecule has 0 atom stereocenters. The molecule has 0 radical (unpaired) electrons. The van der Waals surface area contributed by atoms with Gasteiger partial charge in [-0.25, -0.2) is 13.2 Å². The molecule has 0 saturated heterocycles. The van der Waals surface area contributed by atoms with Gasteiger partial charge >= 0.3 is 0 Å². The van der Waals surface area contributed by atoms with Gasteiger partial charge in [0.25, 0.3) is 0 Å². The predicted octanol–water partition coefficient (Wildman–Crippen LogP) is 4.45. The van der Waals surface area contributed by atoms with Crippen molar-refractivity contribution in [1.29, 1.82) is 0 Å². The predicted molar refractivity (Wildman–Crippen MR) is 64.8 cm³/mol. The summed E-state index contributed by atoms with van der Waals surface area (Å²) in [7, 11) is 0. The van der Waals surface area contributed by atoms with E-state index < -0.39 is 11.6 Å². The molecule has 0 unspecified atom stereocenters. The summed E-state index contributed by atoms with van der Waals surface area (Å²) in [5.74, 6) is -2.04. The first kappa shape index (κ1) is 13.0. The Hall–Kier alpha value is -1.49. The fraction of sp³-hybridized carbons (Fsp3) is 0.0769. The van der Waals surface area contributed by atoms with Crippen molar-refractivity contribution in [2.75, 3.05) is 0 Å². The summed E-state index contributed by atoms with van der Waals surface area (Å²) >= 11 is 3.05. The van der Waals surface area contributed by atoms with Gasteiger partial charge in [-0.2, -0.15) is 0 Å². The van der Waals surface area contributed by atoms with Gasteiger partial charge in [0.05, 0.1) is 4.47 Å². The van der Waals surface area contributed by atoms with Gasteiger partial charge in [0, 0.05) is 6.07 Å². The smallest absolute Gasteiger partial charge is 0.162 e. The molecule has 0 bridgehead atoms. The molecule has 5 heteroatoms. The van der Waals surface area contributed by atoms with Crippen molar-refractivity contribution in [3.63, 3.8) is 0 Å². The van der Waals surface area contributed by atoms with E-state index >= 15 is 0 Å². The number of hydrogen-bond donors (Lipinski definition) is 0. The van der Waals surface area contributed by atoms with Crippen LogP contribution in [0.2, 0.25) is 0 Å². The van der Waals surface area contributed by atoms with Crippen LogP contribution >= 0.6 is 15.9 Å². The summed E-state index contributed by atoms with van der Waals surface area (Å²) in [5.41, 5.74) is 0.716. The van der Waals surface area contributed by atoms with Gasteiger partial charge in [-0.05, 0) is 45.8 Å². The molecule has 0 heterocycles. The first-order valence-corrected chi connectivity index (χ1v) is 5.87. The summed E-state index contributed by atoms with van der Waals surface area (Å²) in [6, 6.07) is 7.71. The maximum atomic E-state index is 13.0. The molecule has 0 aliphatic carbocycles. The van der Waals surface area contributed by atoms with Crippen molar-refractivity contribution in [3.8, 4) is 5.75 Å². The van der Waals surface area contributed by atoms with Gasteiger partial charge in [-0.15, -0.1) is 0 Å². The second-order valence-corrected chi connectivity index (χ2v) is 4.47. The van der Waals surface area contributed by atoms with Gasteiger partial charge < -0.3 is 4.74 Å². The van der Waals surface area contributed by atoms with E-state index in [-0.39, 0.29) is 18.2 Å². The summed E-state index contributed by atoms with van der Waals surface area (Å²) < 4.78 is 44.2. The third kappa shape index (κ3) is 3.04. The average Bonchev–Trinajstić information content (AvgIpc) is 2.35. The van der Waals surface area contributed by atoms with Crippen molar-refractivity contribution in [1.82, 2.24) is 0 Å². The van der Waals surface area contributed by atoms with Crippen LogP contribution < -0.4 is 4.74 Å². The van der Waals surface area contributed by atoms with Gasteiger partial charge in [0.15, 0.2) is 11.6 Å². The van der Waals surface area contributed by atoms with E-state index in [1.54, 1.807) is 12.1 Å². The third-order valence-corrected chi connectivity index (χ3v) is 2.89. The van der Waals surface area contributed by atoms with Crippen LogP contribution in [-0.4, -0.2) is 0 Å². The van der Waals surface area contributed by atoms with E-state index in [9.17, 15) is 13.2 Å². The van der Waals surface area contributed by atoms with E-state index in [1.807, 2.05) is 0 Å². The van der Waals surface area contributed by atoms with Crippen LogP contribution in [0.1, 0.15) is 5.56 Å². The van der Waals surface area contributed by atoms with Gasteiger partial charge in [0.1, 0.15) is 18.2 Å². The largest absolute Gasteiger partial charge is 0.489 e. The Balaban J connectivity index is 2.06. The fourth-order valence-electron chi connectivity index (χ4n) is 1.36.